The molecule has 0 unspecified atom stereocenters. The predicted octanol–water partition coefficient (Wildman–Crippen LogP) is 8.42. The van der Waals surface area contributed by atoms with Crippen LogP contribution >= 0.6 is 11.3 Å². The van der Waals surface area contributed by atoms with E-state index in [0.29, 0.717) is 47.6 Å². The van der Waals surface area contributed by atoms with Crippen LogP contribution in [0.4, 0.5) is 26.3 Å². The number of pyridine rings is 1. The second kappa shape index (κ2) is 11.3. The molecule has 2 aliphatic rings. The molecular weight excluding hydrogens is 566 g/mol. The second-order valence-corrected chi connectivity index (χ2v) is 11.8. The summed E-state index contributed by atoms with van der Waals surface area (Å²) in [6, 6.07) is 7.84. The number of carbonyl (C=O) groups is 1. The zero-order chi connectivity index (χ0) is 29.5. The Morgan fingerprint density at radius 2 is 1.68 bits per heavy atom. The maximum atomic E-state index is 14.1. The number of rotatable bonds is 7. The molecule has 4 nitrogen and oxygen atoms in total. The quantitative estimate of drug-likeness (QED) is 0.258. The van der Waals surface area contributed by atoms with Crippen molar-refractivity contribution in [3.05, 3.63) is 75.6 Å². The number of alkyl halides is 6. The van der Waals surface area contributed by atoms with Gasteiger partial charge in [0.05, 0.1) is 21.7 Å². The molecule has 2 aromatic heterocycles. The van der Waals surface area contributed by atoms with Crippen LogP contribution in [0.3, 0.4) is 0 Å². The summed E-state index contributed by atoms with van der Waals surface area (Å²) in [7, 11) is 0. The molecule has 1 amide bonds. The number of halogens is 6. The molecule has 3 heterocycles. The largest absolute Gasteiger partial charge is 0.488 e. The van der Waals surface area contributed by atoms with Crippen LogP contribution in [-0.4, -0.2) is 28.9 Å². The van der Waals surface area contributed by atoms with Crippen LogP contribution < -0.4 is 4.74 Å². The van der Waals surface area contributed by atoms with Gasteiger partial charge in [0.25, 0.3) is 0 Å². The third kappa shape index (κ3) is 6.55. The summed E-state index contributed by atoms with van der Waals surface area (Å²) in [5.41, 5.74) is -0.926. The van der Waals surface area contributed by atoms with E-state index in [0.717, 1.165) is 36.3 Å². The van der Waals surface area contributed by atoms with Crippen molar-refractivity contribution in [3.63, 3.8) is 0 Å². The minimum atomic E-state index is -4.70. The summed E-state index contributed by atoms with van der Waals surface area (Å²) < 4.78 is 89.5. The third-order valence-electron chi connectivity index (χ3n) is 7.56. The Hall–Kier alpha value is -3.08. The number of carbonyl (C=O) groups excluding carboxylic acids is 1. The minimum absolute atomic E-state index is 0.108. The number of likely N-dealkylation sites (tertiary alicyclic amines) is 1. The molecule has 2 fully saturated rings. The molecular formula is C30H29F6N2O2S. The zero-order valence-corrected chi connectivity index (χ0v) is 23.3. The van der Waals surface area contributed by atoms with Crippen molar-refractivity contribution in [3.8, 4) is 16.3 Å². The van der Waals surface area contributed by atoms with Crippen molar-refractivity contribution in [2.75, 3.05) is 13.1 Å². The Balaban J connectivity index is 1.38. The van der Waals surface area contributed by atoms with E-state index >= 15 is 0 Å². The summed E-state index contributed by atoms with van der Waals surface area (Å²) >= 11 is 1.08. The number of amides is 1. The van der Waals surface area contributed by atoms with Crippen LogP contribution in [-0.2, 0) is 23.8 Å². The average molecular weight is 596 g/mol. The highest BCUT2D eigenvalue weighted by Gasteiger charge is 2.38. The molecule has 1 aromatic carbocycles. The maximum absolute atomic E-state index is 14.1. The Morgan fingerprint density at radius 1 is 1.00 bits per heavy atom. The van der Waals surface area contributed by atoms with Crippen LogP contribution in [0.25, 0.3) is 10.6 Å². The first-order chi connectivity index (χ1) is 19.3. The van der Waals surface area contributed by atoms with Gasteiger partial charge in [-0.05, 0) is 74.4 Å². The van der Waals surface area contributed by atoms with Crippen molar-refractivity contribution in [1.82, 2.24) is 9.88 Å². The van der Waals surface area contributed by atoms with Gasteiger partial charge in [-0.2, -0.15) is 26.3 Å². The molecule has 0 spiro atoms. The minimum Gasteiger partial charge on any atom is -0.488 e. The standard InChI is InChI=1S/C30H29F6N2O2S/c1-3-22-7-8-23(29(31,32)33)26(37-22)27-21(14-17(2)41-27)16-40-25-9-6-20(15-24(25)30(34,35)36)18-10-12-38(13-11-18)28(39)19-4-5-19/h3,6-9,14-15,18-19H,4-5,10-13,16H2,1-2H3. The Bertz CT molecular complexity index is 1420. The van der Waals surface area contributed by atoms with E-state index in [-0.39, 0.29) is 34.9 Å². The van der Waals surface area contributed by atoms with E-state index in [2.05, 4.69) is 4.98 Å². The van der Waals surface area contributed by atoms with Gasteiger partial charge < -0.3 is 9.64 Å². The van der Waals surface area contributed by atoms with Gasteiger partial charge in [0, 0.05) is 41.6 Å². The molecule has 0 N–H and O–H groups in total. The Labute approximate surface area is 238 Å². The van der Waals surface area contributed by atoms with Crippen LogP contribution in [0.5, 0.6) is 5.75 Å². The molecule has 0 atom stereocenters. The van der Waals surface area contributed by atoms with Gasteiger partial charge in [0.1, 0.15) is 12.4 Å². The van der Waals surface area contributed by atoms with Crippen LogP contribution in [0.2, 0.25) is 0 Å². The first-order valence-corrected chi connectivity index (χ1v) is 14.3. The maximum Gasteiger partial charge on any atom is 0.419 e. The molecule has 1 aliphatic heterocycles. The molecule has 219 valence electrons. The highest BCUT2D eigenvalue weighted by molar-refractivity contribution is 7.15. The number of piperidine rings is 1. The van der Waals surface area contributed by atoms with Crippen molar-refractivity contribution in [1.29, 1.82) is 0 Å². The van der Waals surface area contributed by atoms with Crippen molar-refractivity contribution < 1.29 is 35.9 Å². The lowest BCUT2D eigenvalue weighted by atomic mass is 9.88. The van der Waals surface area contributed by atoms with Crippen LogP contribution in [0.1, 0.15) is 71.3 Å². The first kappa shape index (κ1) is 29.4. The van der Waals surface area contributed by atoms with E-state index in [1.165, 1.54) is 12.1 Å². The van der Waals surface area contributed by atoms with Gasteiger partial charge >= 0.3 is 12.4 Å². The molecule has 1 aliphatic carbocycles. The van der Waals surface area contributed by atoms with E-state index in [1.54, 1.807) is 32.4 Å². The van der Waals surface area contributed by atoms with Gasteiger partial charge in [0.15, 0.2) is 0 Å². The lowest BCUT2D eigenvalue weighted by Crippen LogP contribution is -2.38. The van der Waals surface area contributed by atoms with E-state index < -0.39 is 29.2 Å². The van der Waals surface area contributed by atoms with Crippen LogP contribution in [0.15, 0.2) is 36.4 Å². The van der Waals surface area contributed by atoms with Gasteiger partial charge in [-0.1, -0.05) is 13.0 Å². The number of ether oxygens (including phenoxy) is 1. The highest BCUT2D eigenvalue weighted by atomic mass is 32.1. The first-order valence-electron chi connectivity index (χ1n) is 13.4. The summed E-state index contributed by atoms with van der Waals surface area (Å²) in [4.78, 5) is 19.2. The molecule has 1 radical (unpaired) electrons. The predicted molar refractivity (Wildman–Crippen MR) is 143 cm³/mol. The van der Waals surface area contributed by atoms with Gasteiger partial charge in [-0.25, -0.2) is 0 Å². The molecule has 1 saturated heterocycles. The number of thiophene rings is 1. The average Bonchev–Trinajstić information content (AvgIpc) is 3.72. The SMILES string of the molecule is C[CH]c1ccc(C(F)(F)F)c(-c2sc(C)cc2COc2ccc(C3CCN(C(=O)C4CC4)CC3)cc2C(F)(F)F)n1. The normalized spacial score (nSPS) is 16.7. The van der Waals surface area contributed by atoms with Gasteiger partial charge in [0.2, 0.25) is 5.91 Å². The van der Waals surface area contributed by atoms with Gasteiger partial charge in [-0.15, -0.1) is 11.3 Å². The van der Waals surface area contributed by atoms with Crippen molar-refractivity contribution >= 4 is 17.2 Å². The number of aromatic nitrogens is 1. The lowest BCUT2D eigenvalue weighted by Gasteiger charge is -2.32. The molecule has 3 aromatic rings. The number of hydrogen-bond acceptors (Lipinski definition) is 4. The fourth-order valence-electron chi connectivity index (χ4n) is 5.24. The topological polar surface area (TPSA) is 42.4 Å². The number of hydrogen-bond donors (Lipinski definition) is 0. The smallest absolute Gasteiger partial charge is 0.419 e. The third-order valence-corrected chi connectivity index (χ3v) is 8.66. The second-order valence-electron chi connectivity index (χ2n) is 10.5. The summed E-state index contributed by atoms with van der Waals surface area (Å²) in [5, 5.41) is 0. The summed E-state index contributed by atoms with van der Waals surface area (Å²) in [5.74, 6) is -0.258. The number of nitrogens with zero attached hydrogens (tertiary/aromatic N) is 2. The fourth-order valence-corrected chi connectivity index (χ4v) is 6.26. The van der Waals surface area contributed by atoms with Crippen LogP contribution in [0, 0.1) is 19.3 Å². The van der Waals surface area contributed by atoms with E-state index in [4.69, 9.17) is 4.74 Å². The summed E-state index contributed by atoms with van der Waals surface area (Å²) in [6.45, 7) is 4.04. The fraction of sp³-hybridized carbons (Fsp3) is 0.433. The lowest BCUT2D eigenvalue weighted by molar-refractivity contribution is -0.139. The van der Waals surface area contributed by atoms with Gasteiger partial charge in [-0.3, -0.25) is 9.78 Å². The van der Waals surface area contributed by atoms with E-state index in [1.807, 2.05) is 4.90 Å². The van der Waals surface area contributed by atoms with Crippen molar-refractivity contribution in [2.45, 2.75) is 64.4 Å². The molecule has 41 heavy (non-hydrogen) atoms. The number of aryl methyl sites for hydroxylation is 1. The zero-order valence-electron chi connectivity index (χ0n) is 22.5. The molecule has 5 rings (SSSR count). The van der Waals surface area contributed by atoms with Crippen molar-refractivity contribution in [2.24, 2.45) is 5.92 Å². The number of benzene rings is 1. The molecule has 1 saturated carbocycles. The Kier molecular flexibility index (Phi) is 8.11. The highest BCUT2D eigenvalue weighted by Crippen LogP contribution is 2.43. The monoisotopic (exact) mass is 595 g/mol. The molecule has 11 heteroatoms. The Morgan fingerprint density at radius 3 is 2.29 bits per heavy atom. The molecule has 0 bridgehead atoms. The summed E-state index contributed by atoms with van der Waals surface area (Å²) in [6.07, 6.45) is -4.81. The van der Waals surface area contributed by atoms with E-state index in [9.17, 15) is 31.1 Å².